The summed E-state index contributed by atoms with van der Waals surface area (Å²) in [5, 5.41) is 10.1. The number of nitrogens with zero attached hydrogens (tertiary/aromatic N) is 1. The van der Waals surface area contributed by atoms with Crippen LogP contribution in [0.3, 0.4) is 0 Å². The molecular weight excluding hydrogens is 266 g/mol. The lowest BCUT2D eigenvalue weighted by atomic mass is 9.98. The maximum absolute atomic E-state index is 12.7. The molecule has 1 aromatic rings. The number of hydrogen-bond acceptors (Lipinski definition) is 3. The molecule has 2 rings (SSSR count). The van der Waals surface area contributed by atoms with Gasteiger partial charge in [-0.1, -0.05) is 24.8 Å². The van der Waals surface area contributed by atoms with Gasteiger partial charge in [0.05, 0.1) is 11.2 Å². The molecule has 1 saturated heterocycles. The molecule has 1 aliphatic rings. The molecule has 1 amide bonds. The van der Waals surface area contributed by atoms with Crippen LogP contribution in [0.25, 0.3) is 0 Å². The van der Waals surface area contributed by atoms with E-state index in [-0.39, 0.29) is 5.91 Å². The first-order valence-corrected chi connectivity index (χ1v) is 7.38. The van der Waals surface area contributed by atoms with Crippen LogP contribution in [-0.4, -0.2) is 41.2 Å². The summed E-state index contributed by atoms with van der Waals surface area (Å²) in [7, 11) is 0. The number of carbonyl (C=O) groups excluding carboxylic acids is 1. The monoisotopic (exact) mass is 289 g/mol. The third kappa shape index (κ3) is 4.08. The zero-order valence-electron chi connectivity index (χ0n) is 12.5. The molecule has 1 fully saturated rings. The molecular formula is C17H23NO3. The molecule has 0 radical (unpaired) electrons. The van der Waals surface area contributed by atoms with Gasteiger partial charge in [-0.25, -0.2) is 0 Å². The van der Waals surface area contributed by atoms with Gasteiger partial charge in [0.2, 0.25) is 0 Å². The van der Waals surface area contributed by atoms with Crippen molar-refractivity contribution in [2.45, 2.75) is 31.8 Å². The number of ether oxygens (including phenoxy) is 1. The minimum atomic E-state index is -0.673. The maximum atomic E-state index is 12.7. The molecule has 0 aromatic heterocycles. The van der Waals surface area contributed by atoms with Gasteiger partial charge in [0, 0.05) is 13.1 Å². The largest absolute Gasteiger partial charge is 0.489 e. The van der Waals surface area contributed by atoms with Crippen LogP contribution in [0.15, 0.2) is 36.9 Å². The number of likely N-dealkylation sites (tertiary alicyclic amines) is 1. The SMILES string of the molecule is C=CCOc1ccccc1C(=O)N1CCCC(C)(O)CC1. The fourth-order valence-electron chi connectivity index (χ4n) is 2.55. The summed E-state index contributed by atoms with van der Waals surface area (Å²) in [6.07, 6.45) is 3.80. The average molecular weight is 289 g/mol. The lowest BCUT2D eigenvalue weighted by Gasteiger charge is -2.23. The van der Waals surface area contributed by atoms with Gasteiger partial charge in [-0.05, 0) is 38.3 Å². The van der Waals surface area contributed by atoms with E-state index in [0.29, 0.717) is 37.4 Å². The predicted molar refractivity (Wildman–Crippen MR) is 82.5 cm³/mol. The summed E-state index contributed by atoms with van der Waals surface area (Å²) in [5.41, 5.74) is -0.102. The van der Waals surface area contributed by atoms with E-state index < -0.39 is 5.60 Å². The molecule has 1 atom stereocenters. The molecule has 4 nitrogen and oxygen atoms in total. The minimum absolute atomic E-state index is 0.0348. The standard InChI is InChI=1S/C17H23NO3/c1-3-13-21-15-8-5-4-7-14(15)16(19)18-11-6-9-17(2,20)10-12-18/h3-5,7-8,20H,1,6,9-13H2,2H3. The first kappa shape index (κ1) is 15.6. The number of hydrogen-bond donors (Lipinski definition) is 1. The van der Waals surface area contributed by atoms with Crippen LogP contribution in [0.4, 0.5) is 0 Å². The van der Waals surface area contributed by atoms with Gasteiger partial charge in [-0.15, -0.1) is 0 Å². The van der Waals surface area contributed by atoms with Crippen molar-refractivity contribution in [3.8, 4) is 5.75 Å². The lowest BCUT2D eigenvalue weighted by molar-refractivity contribution is 0.0437. The second-order valence-corrected chi connectivity index (χ2v) is 5.74. The highest BCUT2D eigenvalue weighted by Gasteiger charge is 2.28. The van der Waals surface area contributed by atoms with Gasteiger partial charge in [-0.3, -0.25) is 4.79 Å². The zero-order chi connectivity index (χ0) is 15.3. The fraction of sp³-hybridized carbons (Fsp3) is 0.471. The van der Waals surface area contributed by atoms with E-state index >= 15 is 0 Å². The Morgan fingerprint density at radius 2 is 2.19 bits per heavy atom. The molecule has 1 heterocycles. The fourth-order valence-corrected chi connectivity index (χ4v) is 2.55. The lowest BCUT2D eigenvalue weighted by Crippen LogP contribution is -2.33. The molecule has 1 aromatic carbocycles. The number of rotatable bonds is 4. The summed E-state index contributed by atoms with van der Waals surface area (Å²) in [5.74, 6) is 0.547. The summed E-state index contributed by atoms with van der Waals surface area (Å²) >= 11 is 0. The number of benzene rings is 1. The van der Waals surface area contributed by atoms with E-state index in [9.17, 15) is 9.90 Å². The van der Waals surface area contributed by atoms with Crippen molar-refractivity contribution >= 4 is 5.91 Å². The van der Waals surface area contributed by atoms with Crippen molar-refractivity contribution in [2.75, 3.05) is 19.7 Å². The van der Waals surface area contributed by atoms with Crippen LogP contribution in [0.5, 0.6) is 5.75 Å². The zero-order valence-corrected chi connectivity index (χ0v) is 12.5. The van der Waals surface area contributed by atoms with Gasteiger partial charge in [0.15, 0.2) is 0 Å². The van der Waals surface area contributed by atoms with Crippen LogP contribution < -0.4 is 4.74 Å². The molecule has 4 heteroatoms. The normalized spacial score (nSPS) is 22.5. The first-order valence-electron chi connectivity index (χ1n) is 7.38. The van der Waals surface area contributed by atoms with Crippen molar-refractivity contribution in [1.29, 1.82) is 0 Å². The molecule has 0 bridgehead atoms. The third-order valence-corrected chi connectivity index (χ3v) is 3.83. The smallest absolute Gasteiger partial charge is 0.257 e. The second-order valence-electron chi connectivity index (χ2n) is 5.74. The van der Waals surface area contributed by atoms with E-state index in [2.05, 4.69) is 6.58 Å². The summed E-state index contributed by atoms with van der Waals surface area (Å²) in [6.45, 7) is 7.07. The van der Waals surface area contributed by atoms with Crippen molar-refractivity contribution in [1.82, 2.24) is 4.90 Å². The number of amides is 1. The summed E-state index contributed by atoms with van der Waals surface area (Å²) in [4.78, 5) is 14.5. The van der Waals surface area contributed by atoms with Gasteiger partial charge in [-0.2, -0.15) is 0 Å². The highest BCUT2D eigenvalue weighted by atomic mass is 16.5. The summed E-state index contributed by atoms with van der Waals surface area (Å²) in [6, 6.07) is 7.26. The Labute approximate surface area is 126 Å². The summed E-state index contributed by atoms with van der Waals surface area (Å²) < 4.78 is 5.56. The number of carbonyl (C=O) groups is 1. The van der Waals surface area contributed by atoms with E-state index in [1.165, 1.54) is 0 Å². The van der Waals surface area contributed by atoms with Crippen molar-refractivity contribution in [2.24, 2.45) is 0 Å². The van der Waals surface area contributed by atoms with Gasteiger partial charge >= 0.3 is 0 Å². The first-order chi connectivity index (χ1) is 10.0. The predicted octanol–water partition coefficient (Wildman–Crippen LogP) is 2.63. The Hall–Kier alpha value is -1.81. The second kappa shape index (κ2) is 6.76. The Kier molecular flexibility index (Phi) is 5.02. The van der Waals surface area contributed by atoms with Crippen molar-refractivity contribution in [3.63, 3.8) is 0 Å². The van der Waals surface area contributed by atoms with Crippen LogP contribution in [0, 0.1) is 0 Å². The van der Waals surface area contributed by atoms with Gasteiger partial charge < -0.3 is 14.7 Å². The Morgan fingerprint density at radius 1 is 1.43 bits per heavy atom. The Balaban J connectivity index is 2.14. The van der Waals surface area contributed by atoms with Crippen molar-refractivity contribution < 1.29 is 14.6 Å². The van der Waals surface area contributed by atoms with E-state index in [4.69, 9.17) is 4.74 Å². The number of para-hydroxylation sites is 1. The van der Waals surface area contributed by atoms with E-state index in [0.717, 1.165) is 12.8 Å². The third-order valence-electron chi connectivity index (χ3n) is 3.83. The van der Waals surface area contributed by atoms with Crippen LogP contribution in [-0.2, 0) is 0 Å². The molecule has 0 spiro atoms. The van der Waals surface area contributed by atoms with Crippen LogP contribution in [0.1, 0.15) is 36.5 Å². The maximum Gasteiger partial charge on any atom is 0.257 e. The van der Waals surface area contributed by atoms with Gasteiger partial charge in [0.25, 0.3) is 5.91 Å². The minimum Gasteiger partial charge on any atom is -0.489 e. The van der Waals surface area contributed by atoms with Crippen LogP contribution in [0.2, 0.25) is 0 Å². The molecule has 1 unspecified atom stereocenters. The quantitative estimate of drug-likeness (QED) is 0.867. The highest BCUT2D eigenvalue weighted by Crippen LogP contribution is 2.25. The Bertz CT molecular complexity index is 511. The van der Waals surface area contributed by atoms with Crippen LogP contribution >= 0.6 is 0 Å². The number of aliphatic hydroxyl groups is 1. The molecule has 1 N–H and O–H groups in total. The average Bonchev–Trinajstić information content (AvgIpc) is 2.65. The molecule has 21 heavy (non-hydrogen) atoms. The highest BCUT2D eigenvalue weighted by molar-refractivity contribution is 5.97. The van der Waals surface area contributed by atoms with E-state index in [1.807, 2.05) is 19.1 Å². The van der Waals surface area contributed by atoms with E-state index in [1.54, 1.807) is 23.1 Å². The molecule has 0 aliphatic carbocycles. The Morgan fingerprint density at radius 3 is 2.95 bits per heavy atom. The molecule has 0 saturated carbocycles. The molecule has 114 valence electrons. The molecule has 1 aliphatic heterocycles. The van der Waals surface area contributed by atoms with Crippen molar-refractivity contribution in [3.05, 3.63) is 42.5 Å². The topological polar surface area (TPSA) is 49.8 Å². The van der Waals surface area contributed by atoms with Gasteiger partial charge in [0.1, 0.15) is 12.4 Å².